The van der Waals surface area contributed by atoms with Crippen molar-refractivity contribution in [3.63, 3.8) is 0 Å². The lowest BCUT2D eigenvalue weighted by molar-refractivity contribution is -0.296. The lowest BCUT2D eigenvalue weighted by atomic mass is 9.90. The second-order valence-corrected chi connectivity index (χ2v) is 6.55. The summed E-state index contributed by atoms with van der Waals surface area (Å²) in [5.74, 6) is -1.09. The van der Waals surface area contributed by atoms with E-state index in [4.69, 9.17) is 14.6 Å². The number of carboxylic acid groups (broad SMARTS) is 1. The molecule has 0 unspecified atom stereocenters. The minimum absolute atomic E-state index is 0.135. The minimum atomic E-state index is -0.782. The van der Waals surface area contributed by atoms with Crippen molar-refractivity contribution >= 4 is 5.97 Å². The van der Waals surface area contributed by atoms with Crippen LogP contribution in [0.15, 0.2) is 36.4 Å². The fraction of sp³-hybridized carbons (Fsp3) is 0.526. The Bertz CT molecular complexity index is 579. The van der Waals surface area contributed by atoms with Crippen molar-refractivity contribution in [1.82, 2.24) is 0 Å². The van der Waals surface area contributed by atoms with E-state index >= 15 is 0 Å². The van der Waals surface area contributed by atoms with Gasteiger partial charge in [-0.2, -0.15) is 0 Å². The molecule has 5 nitrogen and oxygen atoms in total. The van der Waals surface area contributed by atoms with Crippen LogP contribution in [0.25, 0.3) is 0 Å². The first-order valence-corrected chi connectivity index (χ1v) is 8.35. The van der Waals surface area contributed by atoms with Crippen molar-refractivity contribution in [3.8, 4) is 5.75 Å². The van der Waals surface area contributed by atoms with Gasteiger partial charge in [0, 0.05) is 17.9 Å². The Kier molecular flexibility index (Phi) is 6.40. The number of carboxylic acids is 1. The van der Waals surface area contributed by atoms with Crippen LogP contribution in [0, 0.1) is 5.92 Å². The van der Waals surface area contributed by atoms with Crippen LogP contribution < -0.4 is 0 Å². The van der Waals surface area contributed by atoms with Crippen LogP contribution in [-0.4, -0.2) is 28.6 Å². The highest BCUT2D eigenvalue weighted by molar-refractivity contribution is 5.66. The third-order valence-corrected chi connectivity index (χ3v) is 4.12. The number of carbonyl (C=O) groups is 1. The Morgan fingerprint density at radius 3 is 2.71 bits per heavy atom. The summed E-state index contributed by atoms with van der Waals surface area (Å²) in [5.41, 5.74) is 0.786. The number of phenolic OH excluding ortho intramolecular Hbond substituents is 1. The molecule has 5 heteroatoms. The quantitative estimate of drug-likeness (QED) is 0.736. The molecular weight excluding hydrogens is 308 g/mol. The monoisotopic (exact) mass is 334 g/mol. The predicted octanol–water partition coefficient (Wildman–Crippen LogP) is 4.03. The smallest absolute Gasteiger partial charge is 0.303 e. The zero-order chi connectivity index (χ0) is 17.6. The number of hydrogen-bond acceptors (Lipinski definition) is 4. The second-order valence-electron chi connectivity index (χ2n) is 6.55. The number of hydrogen-bond donors (Lipinski definition) is 2. The number of ether oxygens (including phenoxy) is 2. The molecule has 1 heterocycles. The van der Waals surface area contributed by atoms with Gasteiger partial charge in [0.2, 0.25) is 0 Å². The van der Waals surface area contributed by atoms with Crippen LogP contribution >= 0.6 is 0 Å². The van der Waals surface area contributed by atoms with Crippen LogP contribution in [0.1, 0.15) is 51.2 Å². The van der Waals surface area contributed by atoms with E-state index in [1.807, 2.05) is 38.1 Å². The van der Waals surface area contributed by atoms with Gasteiger partial charge in [-0.05, 0) is 39.2 Å². The van der Waals surface area contributed by atoms with Crippen LogP contribution in [0.5, 0.6) is 5.75 Å². The fourth-order valence-corrected chi connectivity index (χ4v) is 2.86. The van der Waals surface area contributed by atoms with Crippen molar-refractivity contribution in [1.29, 1.82) is 0 Å². The molecule has 0 amide bonds. The molecule has 0 bridgehead atoms. The minimum Gasteiger partial charge on any atom is -0.508 e. The van der Waals surface area contributed by atoms with E-state index in [0.717, 1.165) is 18.4 Å². The summed E-state index contributed by atoms with van der Waals surface area (Å²) >= 11 is 0. The molecule has 0 spiro atoms. The fourth-order valence-electron chi connectivity index (χ4n) is 2.86. The second kappa shape index (κ2) is 8.31. The molecule has 2 atom stereocenters. The lowest BCUT2D eigenvalue weighted by Crippen LogP contribution is -2.41. The molecule has 1 aliphatic rings. The van der Waals surface area contributed by atoms with Gasteiger partial charge in [-0.15, -0.1) is 0 Å². The van der Waals surface area contributed by atoms with Crippen LogP contribution in [0.3, 0.4) is 0 Å². The first-order chi connectivity index (χ1) is 11.4. The highest BCUT2D eigenvalue weighted by Crippen LogP contribution is 2.41. The van der Waals surface area contributed by atoms with Gasteiger partial charge in [0.25, 0.3) is 0 Å². The topological polar surface area (TPSA) is 76.0 Å². The van der Waals surface area contributed by atoms with Crippen molar-refractivity contribution in [2.24, 2.45) is 5.92 Å². The van der Waals surface area contributed by atoms with Gasteiger partial charge in [-0.1, -0.05) is 30.4 Å². The van der Waals surface area contributed by atoms with Crippen molar-refractivity contribution in [2.45, 2.75) is 51.4 Å². The Morgan fingerprint density at radius 1 is 1.29 bits per heavy atom. The van der Waals surface area contributed by atoms with Gasteiger partial charge in [-0.3, -0.25) is 4.79 Å². The molecule has 1 aliphatic heterocycles. The van der Waals surface area contributed by atoms with Crippen molar-refractivity contribution < 1.29 is 24.5 Å². The first kappa shape index (κ1) is 18.5. The molecule has 2 rings (SSSR count). The van der Waals surface area contributed by atoms with E-state index in [9.17, 15) is 9.90 Å². The molecule has 1 aromatic carbocycles. The number of aliphatic carboxylic acids is 1. The molecule has 2 N–H and O–H groups in total. The SMILES string of the molecule is CC1(C)OC[C@@H](CC/C=C\CCC(=O)O)[C@@H](c2ccccc2O)O1. The van der Waals surface area contributed by atoms with Gasteiger partial charge < -0.3 is 19.7 Å². The average Bonchev–Trinajstić information content (AvgIpc) is 2.51. The van der Waals surface area contributed by atoms with Gasteiger partial charge in [0.05, 0.1) is 12.7 Å². The summed E-state index contributed by atoms with van der Waals surface area (Å²) in [6.45, 7) is 4.32. The van der Waals surface area contributed by atoms with E-state index in [1.165, 1.54) is 0 Å². The van der Waals surface area contributed by atoms with Gasteiger partial charge in [-0.25, -0.2) is 0 Å². The van der Waals surface area contributed by atoms with E-state index < -0.39 is 11.8 Å². The number of para-hydroxylation sites is 1. The van der Waals surface area contributed by atoms with Crippen molar-refractivity contribution in [3.05, 3.63) is 42.0 Å². The Balaban J connectivity index is 1.99. The Morgan fingerprint density at radius 2 is 2.00 bits per heavy atom. The van der Waals surface area contributed by atoms with Crippen LogP contribution in [0.2, 0.25) is 0 Å². The molecule has 0 aliphatic carbocycles. The Hall–Kier alpha value is -1.85. The van der Waals surface area contributed by atoms with Crippen molar-refractivity contribution in [2.75, 3.05) is 6.61 Å². The van der Waals surface area contributed by atoms with Gasteiger partial charge in [0.1, 0.15) is 5.75 Å². The van der Waals surface area contributed by atoms with Gasteiger partial charge in [0.15, 0.2) is 5.79 Å². The summed E-state index contributed by atoms with van der Waals surface area (Å²) in [7, 11) is 0. The molecule has 0 saturated carbocycles. The summed E-state index contributed by atoms with van der Waals surface area (Å²) < 4.78 is 11.9. The Labute approximate surface area is 142 Å². The van der Waals surface area contributed by atoms with Crippen LogP contribution in [0.4, 0.5) is 0 Å². The average molecular weight is 334 g/mol. The molecule has 1 aromatic rings. The number of phenols is 1. The molecule has 132 valence electrons. The van der Waals surface area contributed by atoms with Crippen LogP contribution in [-0.2, 0) is 14.3 Å². The molecule has 0 aromatic heterocycles. The standard InChI is InChI=1S/C19H26O5/c1-19(2)23-13-14(9-5-3-4-6-12-17(21)22)18(24-19)15-10-7-8-11-16(15)20/h3-4,7-8,10-11,14,18,20H,5-6,9,12-13H2,1-2H3,(H,21,22)/b4-3-/t14-,18+/m1/s1. The maximum absolute atomic E-state index is 10.5. The first-order valence-electron chi connectivity index (χ1n) is 8.35. The highest BCUT2D eigenvalue weighted by Gasteiger charge is 2.37. The number of rotatable bonds is 7. The highest BCUT2D eigenvalue weighted by atomic mass is 16.7. The number of aromatic hydroxyl groups is 1. The molecule has 1 saturated heterocycles. The van der Waals surface area contributed by atoms with Gasteiger partial charge >= 0.3 is 5.97 Å². The maximum Gasteiger partial charge on any atom is 0.303 e. The van der Waals surface area contributed by atoms with E-state index in [-0.39, 0.29) is 24.2 Å². The largest absolute Gasteiger partial charge is 0.508 e. The van der Waals surface area contributed by atoms with E-state index in [1.54, 1.807) is 12.1 Å². The van der Waals surface area contributed by atoms with E-state index in [0.29, 0.717) is 13.0 Å². The predicted molar refractivity (Wildman–Crippen MR) is 90.7 cm³/mol. The normalized spacial score (nSPS) is 23.4. The lowest BCUT2D eigenvalue weighted by Gasteiger charge is -2.41. The van der Waals surface area contributed by atoms with E-state index in [2.05, 4.69) is 0 Å². The zero-order valence-electron chi connectivity index (χ0n) is 14.3. The molecule has 0 radical (unpaired) electrons. The zero-order valence-corrected chi connectivity index (χ0v) is 14.3. The summed E-state index contributed by atoms with van der Waals surface area (Å²) in [6, 6.07) is 7.24. The molecular formula is C19H26O5. The number of allylic oxidation sites excluding steroid dienone is 2. The summed E-state index contributed by atoms with van der Waals surface area (Å²) in [4.78, 5) is 10.5. The summed E-state index contributed by atoms with van der Waals surface area (Å²) in [6.07, 6.45) is 6.05. The molecule has 24 heavy (non-hydrogen) atoms. The third kappa shape index (κ3) is 5.35. The third-order valence-electron chi connectivity index (χ3n) is 4.12. The summed E-state index contributed by atoms with van der Waals surface area (Å²) in [5, 5.41) is 18.8. The molecule has 1 fully saturated rings. The number of benzene rings is 1. The maximum atomic E-state index is 10.5.